The van der Waals surface area contributed by atoms with Gasteiger partial charge < -0.3 is 15.1 Å². The molecule has 0 radical (unpaired) electrons. The van der Waals surface area contributed by atoms with Crippen LogP contribution >= 0.6 is 0 Å². The van der Waals surface area contributed by atoms with Crippen molar-refractivity contribution >= 4 is 23.0 Å². The van der Waals surface area contributed by atoms with Gasteiger partial charge in [-0.25, -0.2) is 4.98 Å². The second-order valence-corrected chi connectivity index (χ2v) is 5.75. The number of rotatable bonds is 8. The molecular formula is C20H28N4O. The zero-order valence-corrected chi connectivity index (χ0v) is 15.6. The number of anilines is 3. The summed E-state index contributed by atoms with van der Waals surface area (Å²) in [6.07, 6.45) is 1.70. The fourth-order valence-electron chi connectivity index (χ4n) is 2.78. The largest absolute Gasteiger partial charge is 0.372 e. The van der Waals surface area contributed by atoms with Crippen molar-refractivity contribution in [2.45, 2.75) is 27.7 Å². The quantitative estimate of drug-likeness (QED) is 0.784. The number of carbonyl (C=O) groups is 1. The minimum Gasteiger partial charge on any atom is -0.372 e. The lowest BCUT2D eigenvalue weighted by atomic mass is 10.2. The summed E-state index contributed by atoms with van der Waals surface area (Å²) in [5.74, 6) is -0.0277. The van der Waals surface area contributed by atoms with Crippen molar-refractivity contribution in [2.24, 2.45) is 0 Å². The first-order chi connectivity index (χ1) is 12.1. The Balaban J connectivity index is 2.05. The topological polar surface area (TPSA) is 48.5 Å². The summed E-state index contributed by atoms with van der Waals surface area (Å²) in [7, 11) is 0. The average molecular weight is 340 g/mol. The van der Waals surface area contributed by atoms with Gasteiger partial charge in [-0.1, -0.05) is 0 Å². The molecule has 1 heterocycles. The molecule has 0 atom stereocenters. The molecule has 0 bridgehead atoms. The summed E-state index contributed by atoms with van der Waals surface area (Å²) >= 11 is 0. The zero-order valence-electron chi connectivity index (χ0n) is 15.6. The first kappa shape index (κ1) is 18.8. The first-order valence-corrected chi connectivity index (χ1v) is 9.00. The van der Waals surface area contributed by atoms with E-state index in [-0.39, 0.29) is 5.91 Å². The van der Waals surface area contributed by atoms with E-state index in [2.05, 4.69) is 53.3 Å². The Morgan fingerprint density at radius 1 is 0.880 bits per heavy atom. The van der Waals surface area contributed by atoms with Crippen LogP contribution in [0.15, 0.2) is 42.6 Å². The van der Waals surface area contributed by atoms with Crippen LogP contribution in [0.3, 0.4) is 0 Å². The van der Waals surface area contributed by atoms with Crippen molar-refractivity contribution < 1.29 is 4.79 Å². The predicted octanol–water partition coefficient (Wildman–Crippen LogP) is 4.15. The van der Waals surface area contributed by atoms with E-state index >= 15 is 0 Å². The van der Waals surface area contributed by atoms with Gasteiger partial charge in [0.1, 0.15) is 5.69 Å². The van der Waals surface area contributed by atoms with E-state index in [0.717, 1.165) is 24.5 Å². The smallest absolute Gasteiger partial charge is 0.272 e. The van der Waals surface area contributed by atoms with E-state index < -0.39 is 0 Å². The Kier molecular flexibility index (Phi) is 6.81. The van der Waals surface area contributed by atoms with E-state index in [1.807, 2.05) is 19.9 Å². The summed E-state index contributed by atoms with van der Waals surface area (Å²) in [4.78, 5) is 20.6. The summed E-state index contributed by atoms with van der Waals surface area (Å²) < 4.78 is 0. The summed E-state index contributed by atoms with van der Waals surface area (Å²) in [5, 5.41) is 3.32. The summed E-state index contributed by atoms with van der Waals surface area (Å²) in [6.45, 7) is 11.6. The Hall–Kier alpha value is -2.56. The molecule has 0 spiro atoms. The molecule has 1 aromatic carbocycles. The van der Waals surface area contributed by atoms with Crippen LogP contribution < -0.4 is 10.2 Å². The minimum absolute atomic E-state index is 0.0277. The SMILES string of the molecule is CCN(CC)C(=O)c1ccc(Nc2ccc(N(CC)CC)cc2)cn1. The minimum atomic E-state index is -0.0277. The number of carbonyl (C=O) groups excluding carboxylic acids is 1. The van der Waals surface area contributed by atoms with Gasteiger partial charge in [0.25, 0.3) is 5.91 Å². The molecule has 0 fully saturated rings. The van der Waals surface area contributed by atoms with Crippen molar-refractivity contribution in [3.8, 4) is 0 Å². The lowest BCUT2D eigenvalue weighted by Crippen LogP contribution is -2.31. The number of hydrogen-bond donors (Lipinski definition) is 1. The number of amides is 1. The van der Waals surface area contributed by atoms with Crippen LogP contribution in [0, 0.1) is 0 Å². The van der Waals surface area contributed by atoms with E-state index in [1.54, 1.807) is 17.2 Å². The van der Waals surface area contributed by atoms with Gasteiger partial charge in [-0.15, -0.1) is 0 Å². The van der Waals surface area contributed by atoms with Crippen LogP contribution in [-0.4, -0.2) is 42.0 Å². The number of nitrogens with one attached hydrogen (secondary N) is 1. The van der Waals surface area contributed by atoms with Crippen molar-refractivity contribution in [3.63, 3.8) is 0 Å². The molecule has 5 heteroatoms. The van der Waals surface area contributed by atoms with Crippen LogP contribution in [0.5, 0.6) is 0 Å². The highest BCUT2D eigenvalue weighted by molar-refractivity contribution is 5.92. The van der Waals surface area contributed by atoms with Crippen molar-refractivity contribution in [3.05, 3.63) is 48.3 Å². The lowest BCUT2D eigenvalue weighted by Gasteiger charge is -2.21. The number of nitrogens with zero attached hydrogens (tertiary/aromatic N) is 3. The van der Waals surface area contributed by atoms with E-state index in [1.165, 1.54) is 5.69 Å². The van der Waals surface area contributed by atoms with Crippen LogP contribution in [0.1, 0.15) is 38.2 Å². The third kappa shape index (κ3) is 4.72. The number of aromatic nitrogens is 1. The number of benzene rings is 1. The molecule has 2 aromatic rings. The van der Waals surface area contributed by atoms with Gasteiger partial charge in [-0.05, 0) is 64.1 Å². The lowest BCUT2D eigenvalue weighted by molar-refractivity contribution is 0.0767. The fourth-order valence-corrected chi connectivity index (χ4v) is 2.78. The van der Waals surface area contributed by atoms with Gasteiger partial charge in [0.2, 0.25) is 0 Å². The second kappa shape index (κ2) is 9.06. The van der Waals surface area contributed by atoms with Crippen LogP contribution in [-0.2, 0) is 0 Å². The Morgan fingerprint density at radius 3 is 1.96 bits per heavy atom. The van der Waals surface area contributed by atoms with Gasteiger partial charge >= 0.3 is 0 Å². The Morgan fingerprint density at radius 2 is 1.48 bits per heavy atom. The predicted molar refractivity (Wildman–Crippen MR) is 105 cm³/mol. The van der Waals surface area contributed by atoms with Gasteiger partial charge in [0.15, 0.2) is 0 Å². The molecule has 1 amide bonds. The van der Waals surface area contributed by atoms with Gasteiger partial charge in [-0.2, -0.15) is 0 Å². The Bertz CT molecular complexity index is 659. The molecule has 25 heavy (non-hydrogen) atoms. The highest BCUT2D eigenvalue weighted by atomic mass is 16.2. The molecule has 2 rings (SSSR count). The molecule has 0 saturated heterocycles. The van der Waals surface area contributed by atoms with E-state index in [0.29, 0.717) is 18.8 Å². The van der Waals surface area contributed by atoms with Gasteiger partial charge in [0, 0.05) is 37.6 Å². The Labute approximate surface area is 150 Å². The van der Waals surface area contributed by atoms with Crippen molar-refractivity contribution in [2.75, 3.05) is 36.4 Å². The highest BCUT2D eigenvalue weighted by Crippen LogP contribution is 2.21. The average Bonchev–Trinajstić information content (AvgIpc) is 2.65. The van der Waals surface area contributed by atoms with Crippen LogP contribution in [0.2, 0.25) is 0 Å². The third-order valence-corrected chi connectivity index (χ3v) is 4.32. The molecule has 5 nitrogen and oxygen atoms in total. The molecule has 0 unspecified atom stereocenters. The maximum absolute atomic E-state index is 12.3. The number of pyridine rings is 1. The van der Waals surface area contributed by atoms with Crippen molar-refractivity contribution in [1.82, 2.24) is 9.88 Å². The van der Waals surface area contributed by atoms with Crippen LogP contribution in [0.4, 0.5) is 17.1 Å². The standard InChI is InChI=1S/C20H28N4O/c1-5-23(6-2)18-12-9-16(10-13-18)22-17-11-14-19(21-15-17)20(25)24(7-3)8-4/h9-15,22H,5-8H2,1-4H3. The molecular weight excluding hydrogens is 312 g/mol. The molecule has 134 valence electrons. The van der Waals surface area contributed by atoms with E-state index in [9.17, 15) is 4.79 Å². The maximum atomic E-state index is 12.3. The summed E-state index contributed by atoms with van der Waals surface area (Å²) in [5.41, 5.74) is 3.56. The monoisotopic (exact) mass is 340 g/mol. The normalized spacial score (nSPS) is 10.4. The molecule has 0 aliphatic carbocycles. The first-order valence-electron chi connectivity index (χ1n) is 9.00. The maximum Gasteiger partial charge on any atom is 0.272 e. The van der Waals surface area contributed by atoms with Gasteiger partial charge in [-0.3, -0.25) is 4.79 Å². The summed E-state index contributed by atoms with van der Waals surface area (Å²) in [6, 6.07) is 12.0. The van der Waals surface area contributed by atoms with Crippen LogP contribution in [0.25, 0.3) is 0 Å². The highest BCUT2D eigenvalue weighted by Gasteiger charge is 2.13. The molecule has 1 aromatic heterocycles. The molecule has 0 saturated carbocycles. The molecule has 1 N–H and O–H groups in total. The third-order valence-electron chi connectivity index (χ3n) is 4.32. The fraction of sp³-hybridized carbons (Fsp3) is 0.400. The van der Waals surface area contributed by atoms with Crippen molar-refractivity contribution in [1.29, 1.82) is 0 Å². The zero-order chi connectivity index (χ0) is 18.2. The number of hydrogen-bond acceptors (Lipinski definition) is 4. The van der Waals surface area contributed by atoms with Gasteiger partial charge in [0.05, 0.1) is 11.9 Å². The second-order valence-electron chi connectivity index (χ2n) is 5.75. The molecule has 0 aliphatic heterocycles. The molecule has 0 aliphatic rings. The van der Waals surface area contributed by atoms with E-state index in [4.69, 9.17) is 0 Å².